The summed E-state index contributed by atoms with van der Waals surface area (Å²) in [7, 11) is 0. The predicted octanol–water partition coefficient (Wildman–Crippen LogP) is 1.26. The first kappa shape index (κ1) is 7.91. The molecule has 0 aromatic carbocycles. The lowest BCUT2D eigenvalue weighted by Gasteiger charge is -2.16. The van der Waals surface area contributed by atoms with E-state index in [1.807, 2.05) is 4.68 Å². The summed E-state index contributed by atoms with van der Waals surface area (Å²) in [5, 5.41) is 9.43. The quantitative estimate of drug-likeness (QED) is 0.670. The maximum Gasteiger partial charge on any atom is 0.344 e. The molecule has 1 aromatic heterocycles. The van der Waals surface area contributed by atoms with Crippen LogP contribution in [0, 0.1) is 4.77 Å². The minimum atomic E-state index is 0.546. The highest BCUT2D eigenvalue weighted by molar-refractivity contribution is 7.71. The molecule has 0 saturated heterocycles. The van der Waals surface area contributed by atoms with Gasteiger partial charge in [0, 0.05) is 12.2 Å². The van der Waals surface area contributed by atoms with E-state index in [1.54, 1.807) is 0 Å². The number of rotatable bonds is 1. The maximum absolute atomic E-state index is 5.08. The second-order valence-electron chi connectivity index (χ2n) is 3.29. The van der Waals surface area contributed by atoms with E-state index in [0.717, 1.165) is 0 Å². The highest BCUT2D eigenvalue weighted by Crippen LogP contribution is 2.26. The van der Waals surface area contributed by atoms with Gasteiger partial charge in [0.25, 0.3) is 0 Å². The molecule has 0 bridgehead atoms. The minimum absolute atomic E-state index is 0.546. The van der Waals surface area contributed by atoms with Crippen LogP contribution in [0.3, 0.4) is 0 Å². The summed E-state index contributed by atoms with van der Waals surface area (Å²) in [6.45, 7) is 0. The Kier molecular flexibility index (Phi) is 2.21. The molecule has 0 atom stereocenters. The molecular weight excluding hydrogens is 172 g/mol. The molecule has 5 heteroatoms. The topological polar surface area (TPSA) is 47.8 Å². The molecule has 1 aromatic rings. The van der Waals surface area contributed by atoms with Crippen molar-refractivity contribution >= 4 is 12.2 Å². The Morgan fingerprint density at radius 1 is 1.42 bits per heavy atom. The minimum Gasteiger partial charge on any atom is -0.141 e. The third-order valence-corrected chi connectivity index (χ3v) is 2.76. The first-order valence-electron chi connectivity index (χ1n) is 4.42. The molecular formula is C7H13N4S+. The fraction of sp³-hybridized carbons (Fsp3) is 0.857. The Bertz CT molecular complexity index is 296. The molecule has 0 radical (unpaired) electrons. The van der Waals surface area contributed by atoms with Crippen LogP contribution in [0.25, 0.3) is 0 Å². The third-order valence-electron chi connectivity index (χ3n) is 2.47. The summed E-state index contributed by atoms with van der Waals surface area (Å²) < 4.78 is 2.68. The van der Waals surface area contributed by atoms with E-state index < -0.39 is 0 Å². The van der Waals surface area contributed by atoms with Crippen molar-refractivity contribution in [1.29, 1.82) is 0 Å². The Hall–Kier alpha value is -0.710. The van der Waals surface area contributed by atoms with Crippen LogP contribution in [-0.2, 0) is 0 Å². The highest BCUT2D eigenvalue weighted by atomic mass is 32.1. The van der Waals surface area contributed by atoms with Crippen molar-refractivity contribution in [2.75, 3.05) is 0 Å². The van der Waals surface area contributed by atoms with Gasteiger partial charge in [0.2, 0.25) is 0 Å². The van der Waals surface area contributed by atoms with Gasteiger partial charge in [-0.2, -0.15) is 0 Å². The van der Waals surface area contributed by atoms with Crippen LogP contribution in [0.5, 0.6) is 0 Å². The van der Waals surface area contributed by atoms with Crippen molar-refractivity contribution in [1.82, 2.24) is 15.1 Å². The summed E-state index contributed by atoms with van der Waals surface area (Å²) in [6.07, 6.45) is 6.44. The zero-order chi connectivity index (χ0) is 8.39. The first-order chi connectivity index (χ1) is 5.88. The predicted molar refractivity (Wildman–Crippen MR) is 46.1 cm³/mol. The zero-order valence-corrected chi connectivity index (χ0v) is 7.73. The summed E-state index contributed by atoms with van der Waals surface area (Å²) >= 11 is 5.08. The number of nitrogens with zero attached hydrogens (tertiary/aromatic N) is 2. The van der Waals surface area contributed by atoms with Gasteiger partial charge in [0.1, 0.15) is 6.04 Å². The Labute approximate surface area is 76.0 Å². The lowest BCUT2D eigenvalue weighted by molar-refractivity contribution is -0.464. The molecule has 66 valence electrons. The molecule has 1 fully saturated rings. The van der Waals surface area contributed by atoms with Crippen LogP contribution >= 0.6 is 12.2 Å². The van der Waals surface area contributed by atoms with Crippen molar-refractivity contribution in [3.63, 3.8) is 0 Å². The van der Waals surface area contributed by atoms with Crippen molar-refractivity contribution < 1.29 is 5.10 Å². The van der Waals surface area contributed by atoms with Crippen molar-refractivity contribution in [3.8, 4) is 0 Å². The average Bonchev–Trinajstić information content (AvgIpc) is 2.53. The number of aromatic amines is 2. The molecule has 2 N–H and O–H groups in total. The van der Waals surface area contributed by atoms with Gasteiger partial charge in [-0.15, -0.1) is 9.78 Å². The van der Waals surface area contributed by atoms with Gasteiger partial charge in [-0.3, -0.25) is 0 Å². The second kappa shape index (κ2) is 3.35. The molecule has 0 unspecified atom stereocenters. The Balaban J connectivity index is 2.18. The van der Waals surface area contributed by atoms with Gasteiger partial charge in [-0.25, -0.2) is 0 Å². The normalized spacial score (nSPS) is 19.7. The van der Waals surface area contributed by atoms with E-state index in [4.69, 9.17) is 12.2 Å². The van der Waals surface area contributed by atoms with Gasteiger partial charge >= 0.3 is 4.77 Å². The number of H-pyrrole nitrogens is 2. The number of tetrazole rings is 1. The van der Waals surface area contributed by atoms with Gasteiger partial charge in [-0.1, -0.05) is 11.6 Å². The van der Waals surface area contributed by atoms with Crippen LogP contribution in [0.1, 0.15) is 38.1 Å². The molecule has 1 aliphatic rings. The molecule has 1 heterocycles. The fourth-order valence-corrected chi connectivity index (χ4v) is 2.05. The van der Waals surface area contributed by atoms with E-state index >= 15 is 0 Å². The fourth-order valence-electron chi connectivity index (χ4n) is 1.81. The third kappa shape index (κ3) is 1.41. The molecule has 4 nitrogen and oxygen atoms in total. The van der Waals surface area contributed by atoms with Gasteiger partial charge in [-0.05, 0) is 25.7 Å². The first-order valence-corrected chi connectivity index (χ1v) is 4.83. The largest absolute Gasteiger partial charge is 0.344 e. The highest BCUT2D eigenvalue weighted by Gasteiger charge is 2.20. The molecule has 1 aliphatic carbocycles. The summed E-state index contributed by atoms with van der Waals surface area (Å²) in [6, 6.07) is 0.546. The summed E-state index contributed by atoms with van der Waals surface area (Å²) in [5.74, 6) is 0. The van der Waals surface area contributed by atoms with Crippen molar-refractivity contribution in [2.24, 2.45) is 0 Å². The zero-order valence-electron chi connectivity index (χ0n) is 6.92. The molecule has 1 saturated carbocycles. The molecule has 12 heavy (non-hydrogen) atoms. The Morgan fingerprint density at radius 3 is 2.75 bits per heavy atom. The second-order valence-corrected chi connectivity index (χ2v) is 3.68. The number of hydrogen-bond donors (Lipinski definition) is 1. The van der Waals surface area contributed by atoms with Crippen LogP contribution in [0.15, 0.2) is 0 Å². The lowest BCUT2D eigenvalue weighted by atomic mass is 9.96. The van der Waals surface area contributed by atoms with E-state index in [9.17, 15) is 0 Å². The average molecular weight is 185 g/mol. The standard InChI is InChI=1S/C7H12N4S/c12-7-8-9-10-11(7)6-4-2-1-3-5-6/h6H,1-5H2,(H,8,10,12)/p+1. The van der Waals surface area contributed by atoms with Crippen LogP contribution < -0.4 is 5.10 Å². The smallest absolute Gasteiger partial charge is 0.141 e. The Morgan fingerprint density at radius 2 is 2.17 bits per heavy atom. The van der Waals surface area contributed by atoms with Crippen molar-refractivity contribution in [2.45, 2.75) is 38.1 Å². The monoisotopic (exact) mass is 185 g/mol. The summed E-state index contributed by atoms with van der Waals surface area (Å²) in [4.78, 5) is 0. The van der Waals surface area contributed by atoms with Gasteiger partial charge in [0.05, 0.1) is 5.21 Å². The SMILES string of the molecule is S=c1[nH+]n[nH]n1C1CCCCC1. The van der Waals surface area contributed by atoms with Crippen LogP contribution in [0.4, 0.5) is 0 Å². The van der Waals surface area contributed by atoms with Crippen LogP contribution in [0.2, 0.25) is 0 Å². The van der Waals surface area contributed by atoms with E-state index in [-0.39, 0.29) is 0 Å². The number of hydrogen-bond acceptors (Lipinski definition) is 2. The molecule has 2 rings (SSSR count). The van der Waals surface area contributed by atoms with E-state index in [1.165, 1.54) is 32.1 Å². The van der Waals surface area contributed by atoms with Crippen LogP contribution in [-0.4, -0.2) is 15.1 Å². The molecule has 0 spiro atoms. The van der Waals surface area contributed by atoms with Gasteiger partial charge in [0.15, 0.2) is 0 Å². The van der Waals surface area contributed by atoms with E-state index in [0.29, 0.717) is 10.8 Å². The lowest BCUT2D eigenvalue weighted by Crippen LogP contribution is -2.15. The van der Waals surface area contributed by atoms with Crippen molar-refractivity contribution in [3.05, 3.63) is 4.77 Å². The number of nitrogens with one attached hydrogen (secondary N) is 2. The summed E-state index contributed by atoms with van der Waals surface area (Å²) in [5.41, 5.74) is 0. The van der Waals surface area contributed by atoms with Gasteiger partial charge < -0.3 is 0 Å². The van der Waals surface area contributed by atoms with E-state index in [2.05, 4.69) is 15.5 Å². The number of aromatic nitrogens is 4. The molecule has 0 amide bonds. The molecule has 0 aliphatic heterocycles. The maximum atomic E-state index is 5.08.